The van der Waals surface area contributed by atoms with Gasteiger partial charge in [0.15, 0.2) is 0 Å². The molecule has 0 bridgehead atoms. The topological polar surface area (TPSA) is 185 Å². The Labute approximate surface area is 486 Å². The number of thioether (sulfide) groups is 1. The zero-order valence-electron chi connectivity index (χ0n) is 51.7. The van der Waals surface area contributed by atoms with E-state index in [1.807, 2.05) is 16.9 Å². The van der Waals surface area contributed by atoms with Crippen molar-refractivity contribution in [1.29, 1.82) is 0 Å². The molecule has 4 amide bonds. The molecular weight excluding hydrogens is 1110 g/mol. The number of sulfone groups is 1. The van der Waals surface area contributed by atoms with Crippen molar-refractivity contribution in [3.05, 3.63) is 143 Å². The predicted octanol–water partition coefficient (Wildman–Crippen LogP) is 9.16. The summed E-state index contributed by atoms with van der Waals surface area (Å²) in [5.41, 5.74) is -2.00. The third-order valence-corrected chi connectivity index (χ3v) is 18.4. The van der Waals surface area contributed by atoms with E-state index in [0.717, 1.165) is 79.6 Å². The van der Waals surface area contributed by atoms with Crippen LogP contribution in [-0.2, 0) is 31.2 Å². The molecule has 4 aromatic carbocycles. The first-order valence-corrected chi connectivity index (χ1v) is 30.1. The first-order chi connectivity index (χ1) is 41.1. The van der Waals surface area contributed by atoms with Gasteiger partial charge in [0.1, 0.15) is 10.7 Å². The van der Waals surface area contributed by atoms with Crippen molar-refractivity contribution >= 4 is 83.8 Å². The number of piperazine rings is 2. The Hall–Kier alpha value is -6.01. The van der Waals surface area contributed by atoms with E-state index in [4.69, 9.17) is 22.6 Å². The van der Waals surface area contributed by atoms with E-state index in [-0.39, 0.29) is 47.1 Å². The average Bonchev–Trinajstić information content (AvgIpc) is 0.752. The summed E-state index contributed by atoms with van der Waals surface area (Å²) in [5.74, 6) is -1.72. The number of carbonyl (C=O) groups is 3. The van der Waals surface area contributed by atoms with Crippen LogP contribution in [0.4, 0.5) is 35.2 Å². The van der Waals surface area contributed by atoms with Crippen LogP contribution in [-0.4, -0.2) is 143 Å². The average molecular weight is 1180 g/mol. The zero-order chi connectivity index (χ0) is 64.0. The fourth-order valence-corrected chi connectivity index (χ4v) is 12.9. The number of hydrogen-bond donors (Lipinski definition) is 3. The maximum absolute atomic E-state index is 14.6. The molecule has 23 heteroatoms. The molecule has 0 saturated carbocycles. The van der Waals surface area contributed by atoms with E-state index in [9.17, 15) is 44.4 Å². The first-order valence-electron chi connectivity index (χ1n) is 29.7. The molecule has 3 saturated heterocycles. The van der Waals surface area contributed by atoms with Crippen molar-refractivity contribution < 1.29 is 55.4 Å². The summed E-state index contributed by atoms with van der Waals surface area (Å²) in [5, 5.41) is 5.53. The molecule has 16 nitrogen and oxygen atoms in total. The lowest BCUT2D eigenvalue weighted by Crippen LogP contribution is -2.49. The number of rotatable bonds is 19. The zero-order valence-corrected chi connectivity index (χ0v) is 46.9. The van der Waals surface area contributed by atoms with Crippen LogP contribution in [0.2, 0.25) is 5.02 Å². The van der Waals surface area contributed by atoms with Gasteiger partial charge in [-0.15, -0.1) is 11.8 Å². The molecule has 4 aliphatic rings. The summed E-state index contributed by atoms with van der Waals surface area (Å²) in [6.07, 6.45) is 3.64. The number of hydrogen-bond acceptors (Lipinski definition) is 14. The van der Waals surface area contributed by atoms with Crippen molar-refractivity contribution in [3.63, 3.8) is 0 Å². The van der Waals surface area contributed by atoms with E-state index in [1.54, 1.807) is 42.5 Å². The van der Waals surface area contributed by atoms with E-state index in [0.29, 0.717) is 32.8 Å². The molecule has 0 unspecified atom stereocenters. The number of anilines is 3. The summed E-state index contributed by atoms with van der Waals surface area (Å²) in [7, 11) is -11.5. The number of urea groups is 1. The Morgan fingerprint density at radius 2 is 1.54 bits per heavy atom. The standard InChI is InChI=1S/C57H65ClF3N9O7S3/c1-56(2)23-20-49(41-9-13-44(58)14-10-41)43(35-56)38-68-30-32-69(33-31-68)46-15-11-42(12-16-46)54(72)65-80(76,77)48-17-18-50(51(34-48)79(74,75)57(59,60)61)63-45(39-78-47-6-4-3-5-7-47)21-24-66-26-28-67(29-27-66)37-40-8-19-52(62-36-40)70-25-22-53(71)64-55(70)73/h3-19,34,36,45,63H,20-33,35,37-39H2,1-2H3,(H,65,72)(H,64,71,73)/t45-/m1/s1/i26D2,27D2,28D2,29D2. The number of imide groups is 1. The second kappa shape index (κ2) is 25.0. The Balaban J connectivity index is 0.902. The fourth-order valence-electron chi connectivity index (χ4n) is 9.74. The number of alkyl halides is 3. The van der Waals surface area contributed by atoms with Gasteiger partial charge in [-0.3, -0.25) is 29.6 Å². The van der Waals surface area contributed by atoms with Crippen LogP contribution >= 0.6 is 23.4 Å². The van der Waals surface area contributed by atoms with Crippen molar-refractivity contribution in [2.45, 2.75) is 78.7 Å². The van der Waals surface area contributed by atoms with Gasteiger partial charge in [-0.25, -0.2) is 31.3 Å². The van der Waals surface area contributed by atoms with Crippen molar-refractivity contribution in [2.24, 2.45) is 5.41 Å². The highest BCUT2D eigenvalue weighted by atomic mass is 35.5. The number of amides is 4. The fraction of sp³-hybridized carbons (Fsp3) is 0.404. The van der Waals surface area contributed by atoms with Crippen LogP contribution in [0.5, 0.6) is 0 Å². The van der Waals surface area contributed by atoms with Gasteiger partial charge in [-0.1, -0.05) is 67.4 Å². The second-order valence-electron chi connectivity index (χ2n) is 20.5. The number of allylic oxidation sites excluding steroid dienone is 1. The molecular formula is C57H65ClF3N9O7S3. The first kappa shape index (κ1) is 48.7. The van der Waals surface area contributed by atoms with Gasteiger partial charge < -0.3 is 15.1 Å². The van der Waals surface area contributed by atoms with Crippen LogP contribution in [0.25, 0.3) is 5.57 Å². The quantitative estimate of drug-likeness (QED) is 0.0665. The molecule has 1 atom stereocenters. The Morgan fingerprint density at radius 1 is 0.838 bits per heavy atom. The van der Waals surface area contributed by atoms with Crippen molar-refractivity contribution in [1.82, 2.24) is 29.7 Å². The summed E-state index contributed by atoms with van der Waals surface area (Å²) in [4.78, 5) is 46.2. The van der Waals surface area contributed by atoms with Gasteiger partial charge in [0, 0.05) is 135 Å². The molecule has 1 aliphatic carbocycles. The van der Waals surface area contributed by atoms with E-state index >= 15 is 0 Å². The third kappa shape index (κ3) is 14.7. The van der Waals surface area contributed by atoms with Crippen LogP contribution < -0.4 is 25.2 Å². The van der Waals surface area contributed by atoms with E-state index in [1.165, 1.54) is 41.0 Å². The van der Waals surface area contributed by atoms with E-state index < -0.39 is 110 Å². The van der Waals surface area contributed by atoms with Crippen LogP contribution in [0, 0.1) is 5.41 Å². The molecule has 0 radical (unpaired) electrons. The van der Waals surface area contributed by atoms with Gasteiger partial charge in [0.2, 0.25) is 5.91 Å². The SMILES string of the molecule is [2H]C1([2H])N(CC[C@H](CSc2ccccc2)Nc2ccc(S(=O)(=O)NC(=O)c3ccc(N4CCN(CC5=C(c6ccc(Cl)cc6)CCC(C)(C)C5)CC4)cc3)cc2S(=O)(=O)C(F)(F)F)C([2H])([2H])C([2H])([2H])N(Cc2ccc(N3CCC(=O)NC3=O)nc2)C1([2H])[2H]. The smallest absolute Gasteiger partial charge is 0.380 e. The minimum absolute atomic E-state index is 0.00132. The summed E-state index contributed by atoms with van der Waals surface area (Å²) >= 11 is 7.30. The van der Waals surface area contributed by atoms with Gasteiger partial charge >= 0.3 is 11.5 Å². The highest BCUT2D eigenvalue weighted by molar-refractivity contribution is 7.99. The number of halogens is 4. The Kier molecular flexibility index (Phi) is 15.2. The lowest BCUT2D eigenvalue weighted by atomic mass is 9.73. The number of nitrogens with one attached hydrogen (secondary N) is 3. The monoisotopic (exact) mass is 1180 g/mol. The molecule has 0 spiro atoms. The normalized spacial score (nSPS) is 22.5. The van der Waals surface area contributed by atoms with Gasteiger partial charge in [0.05, 0.1) is 10.6 Å². The Bertz CT molecular complexity index is 3660. The van der Waals surface area contributed by atoms with Crippen LogP contribution in [0.15, 0.2) is 136 Å². The van der Waals surface area contributed by atoms with Gasteiger partial charge in [-0.05, 0) is 121 Å². The summed E-state index contributed by atoms with van der Waals surface area (Å²) in [6.45, 7) is -6.81. The Morgan fingerprint density at radius 3 is 2.20 bits per heavy atom. The maximum atomic E-state index is 14.6. The van der Waals surface area contributed by atoms with Crippen molar-refractivity contribution in [3.8, 4) is 0 Å². The predicted molar refractivity (Wildman–Crippen MR) is 306 cm³/mol. The number of carbonyl (C=O) groups excluding carboxylic acids is 3. The molecule has 4 heterocycles. The van der Waals surface area contributed by atoms with Crippen LogP contribution in [0.1, 0.15) is 78.4 Å². The lowest BCUT2D eigenvalue weighted by molar-refractivity contribution is -0.120. The number of pyridine rings is 1. The highest BCUT2D eigenvalue weighted by Gasteiger charge is 2.48. The largest absolute Gasteiger partial charge is 0.501 e. The second-order valence-corrected chi connectivity index (χ2v) is 25.6. The maximum Gasteiger partial charge on any atom is 0.501 e. The number of sulfonamides is 1. The minimum Gasteiger partial charge on any atom is -0.380 e. The molecule has 3 fully saturated rings. The van der Waals surface area contributed by atoms with Crippen molar-refractivity contribution in [2.75, 3.05) is 92.7 Å². The summed E-state index contributed by atoms with van der Waals surface area (Å²) < 4.78 is 173. The van der Waals surface area contributed by atoms with Gasteiger partial charge in [-0.2, -0.15) is 13.2 Å². The molecule has 426 valence electrons. The number of aromatic nitrogens is 1. The number of nitrogens with zero attached hydrogens (tertiary/aromatic N) is 6. The highest BCUT2D eigenvalue weighted by Crippen LogP contribution is 2.43. The number of benzene rings is 4. The molecule has 5 aromatic rings. The third-order valence-electron chi connectivity index (χ3n) is 14.1. The molecule has 9 rings (SSSR count). The van der Waals surface area contributed by atoms with Crippen LogP contribution in [0.3, 0.4) is 0 Å². The molecule has 80 heavy (non-hydrogen) atoms. The van der Waals surface area contributed by atoms with E-state index in [2.05, 4.69) is 51.4 Å². The molecule has 3 N–H and O–H groups in total. The summed E-state index contributed by atoms with van der Waals surface area (Å²) in [6, 6.07) is 24.9. The molecule has 3 aliphatic heterocycles. The molecule has 1 aromatic heterocycles. The minimum atomic E-state index is -6.41. The van der Waals surface area contributed by atoms with Gasteiger partial charge in [0.25, 0.3) is 25.8 Å². The lowest BCUT2D eigenvalue weighted by Gasteiger charge is -2.39.